The third kappa shape index (κ3) is 3.67. The van der Waals surface area contributed by atoms with Gasteiger partial charge in [0, 0.05) is 19.2 Å². The van der Waals surface area contributed by atoms with Gasteiger partial charge in [-0.2, -0.15) is 0 Å². The molecule has 0 aliphatic rings. The highest BCUT2D eigenvalue weighted by Gasteiger charge is 2.20. The molecule has 0 unspecified atom stereocenters. The molecule has 6 nitrogen and oxygen atoms in total. The van der Waals surface area contributed by atoms with Crippen LogP contribution in [0, 0.1) is 10.1 Å². The van der Waals surface area contributed by atoms with E-state index in [9.17, 15) is 14.9 Å². The van der Waals surface area contributed by atoms with Crippen LogP contribution in [-0.4, -0.2) is 29.1 Å². The number of aromatic carboxylic acids is 1. The zero-order chi connectivity index (χ0) is 14.4. The summed E-state index contributed by atoms with van der Waals surface area (Å²) in [6.45, 7) is 5.34. The van der Waals surface area contributed by atoms with Gasteiger partial charge in [-0.05, 0) is 25.5 Å². The monoisotopic (exact) mass is 266 g/mol. The van der Waals surface area contributed by atoms with Gasteiger partial charge in [0.05, 0.1) is 10.5 Å². The number of nitro benzene ring substituents is 1. The first-order valence-corrected chi connectivity index (χ1v) is 6.27. The number of nitro groups is 1. The van der Waals surface area contributed by atoms with Gasteiger partial charge in [-0.15, -0.1) is 0 Å². The van der Waals surface area contributed by atoms with Gasteiger partial charge in [0.25, 0.3) is 5.69 Å². The highest BCUT2D eigenvalue weighted by molar-refractivity contribution is 5.89. The fourth-order valence-electron chi connectivity index (χ4n) is 1.87. The Morgan fingerprint density at radius 1 is 1.42 bits per heavy atom. The van der Waals surface area contributed by atoms with Crippen LogP contribution in [0.1, 0.15) is 37.0 Å². The molecule has 6 heteroatoms. The van der Waals surface area contributed by atoms with E-state index in [4.69, 9.17) is 5.11 Å². The lowest BCUT2D eigenvalue weighted by atomic mass is 10.1. The minimum Gasteiger partial charge on any atom is -0.478 e. The zero-order valence-corrected chi connectivity index (χ0v) is 11.1. The van der Waals surface area contributed by atoms with Crippen molar-refractivity contribution in [2.24, 2.45) is 0 Å². The maximum absolute atomic E-state index is 11.1. The average molecular weight is 266 g/mol. The number of carboxylic acid groups (broad SMARTS) is 1. The van der Waals surface area contributed by atoms with Gasteiger partial charge in [-0.3, -0.25) is 10.1 Å². The molecule has 0 saturated heterocycles. The number of hydrogen-bond acceptors (Lipinski definition) is 4. The minimum atomic E-state index is -1.16. The lowest BCUT2D eigenvalue weighted by molar-refractivity contribution is -0.384. The average Bonchev–Trinajstić information content (AvgIpc) is 2.39. The molecule has 0 saturated carbocycles. The standard InChI is InChI=1S/C13H18N2O4/c1-3-5-8-14(4-2)11-7-6-10(13(16)17)9-12(11)15(18)19/h6-7,9H,3-5,8H2,1-2H3,(H,16,17). The molecule has 0 spiro atoms. The van der Waals surface area contributed by atoms with Crippen LogP contribution in [0.5, 0.6) is 0 Å². The predicted molar refractivity (Wildman–Crippen MR) is 72.9 cm³/mol. The molecule has 1 N–H and O–H groups in total. The fourth-order valence-corrected chi connectivity index (χ4v) is 1.87. The number of carbonyl (C=O) groups is 1. The molecule has 104 valence electrons. The van der Waals surface area contributed by atoms with Crippen LogP contribution >= 0.6 is 0 Å². The minimum absolute atomic E-state index is 0.0676. The fraction of sp³-hybridized carbons (Fsp3) is 0.462. The molecule has 1 rings (SSSR count). The highest BCUT2D eigenvalue weighted by atomic mass is 16.6. The zero-order valence-electron chi connectivity index (χ0n) is 11.1. The van der Waals surface area contributed by atoms with E-state index < -0.39 is 10.9 Å². The van der Waals surface area contributed by atoms with Crippen LogP contribution < -0.4 is 4.90 Å². The molecular weight excluding hydrogens is 248 g/mol. The SMILES string of the molecule is CCCCN(CC)c1ccc(C(=O)O)cc1[N+](=O)[O-]. The molecule has 0 aromatic heterocycles. The summed E-state index contributed by atoms with van der Waals surface area (Å²) in [7, 11) is 0. The Morgan fingerprint density at radius 3 is 2.58 bits per heavy atom. The van der Waals surface area contributed by atoms with Gasteiger partial charge in [-0.25, -0.2) is 4.79 Å². The number of nitrogens with zero attached hydrogens (tertiary/aromatic N) is 2. The maximum Gasteiger partial charge on any atom is 0.335 e. The Hall–Kier alpha value is -2.11. The molecule has 0 aliphatic carbocycles. The second-order valence-corrected chi connectivity index (χ2v) is 4.20. The molecular formula is C13H18N2O4. The van der Waals surface area contributed by atoms with E-state index in [1.807, 2.05) is 11.8 Å². The molecule has 0 amide bonds. The lowest BCUT2D eigenvalue weighted by Gasteiger charge is -2.22. The summed E-state index contributed by atoms with van der Waals surface area (Å²) in [4.78, 5) is 23.3. The van der Waals surface area contributed by atoms with Gasteiger partial charge in [0.2, 0.25) is 0 Å². The Kier molecular flexibility index (Phi) is 5.29. The Labute approximate surface area is 111 Å². The summed E-state index contributed by atoms with van der Waals surface area (Å²) in [6, 6.07) is 4.03. The van der Waals surface area contributed by atoms with Gasteiger partial charge < -0.3 is 10.0 Å². The quantitative estimate of drug-likeness (QED) is 0.606. The predicted octanol–water partition coefficient (Wildman–Crippen LogP) is 2.92. The first kappa shape index (κ1) is 14.9. The summed E-state index contributed by atoms with van der Waals surface area (Å²) in [6.07, 6.45) is 1.93. The Morgan fingerprint density at radius 2 is 2.11 bits per heavy atom. The third-order valence-electron chi connectivity index (χ3n) is 2.92. The van der Waals surface area contributed by atoms with Gasteiger partial charge in [0.15, 0.2) is 0 Å². The van der Waals surface area contributed by atoms with Crippen LogP contribution in [0.4, 0.5) is 11.4 Å². The molecule has 19 heavy (non-hydrogen) atoms. The van der Waals surface area contributed by atoms with Crippen LogP contribution in [0.2, 0.25) is 0 Å². The normalized spacial score (nSPS) is 10.2. The number of rotatable bonds is 7. The van der Waals surface area contributed by atoms with Crippen molar-refractivity contribution in [2.75, 3.05) is 18.0 Å². The first-order valence-electron chi connectivity index (χ1n) is 6.27. The van der Waals surface area contributed by atoms with Gasteiger partial charge >= 0.3 is 5.97 Å². The third-order valence-corrected chi connectivity index (χ3v) is 2.92. The van der Waals surface area contributed by atoms with Crippen molar-refractivity contribution < 1.29 is 14.8 Å². The largest absolute Gasteiger partial charge is 0.478 e. The molecule has 0 aliphatic heterocycles. The summed E-state index contributed by atoms with van der Waals surface area (Å²) in [5.74, 6) is -1.16. The second kappa shape index (κ2) is 6.72. The number of unbranched alkanes of at least 4 members (excludes halogenated alkanes) is 1. The molecule has 0 bridgehead atoms. The van der Waals surface area contributed by atoms with Gasteiger partial charge in [-0.1, -0.05) is 13.3 Å². The second-order valence-electron chi connectivity index (χ2n) is 4.20. The number of hydrogen-bond donors (Lipinski definition) is 1. The van der Waals surface area contributed by atoms with E-state index >= 15 is 0 Å². The van der Waals surface area contributed by atoms with Gasteiger partial charge in [0.1, 0.15) is 5.69 Å². The summed E-state index contributed by atoms with van der Waals surface area (Å²) >= 11 is 0. The summed E-state index contributed by atoms with van der Waals surface area (Å²) in [5.41, 5.74) is 0.255. The molecule has 0 fully saturated rings. The van der Waals surface area contributed by atoms with Crippen molar-refractivity contribution in [2.45, 2.75) is 26.7 Å². The van der Waals surface area contributed by atoms with Crippen molar-refractivity contribution in [3.05, 3.63) is 33.9 Å². The van der Waals surface area contributed by atoms with E-state index in [1.54, 1.807) is 0 Å². The Bertz CT molecular complexity index is 474. The molecule has 0 radical (unpaired) electrons. The number of benzene rings is 1. The highest BCUT2D eigenvalue weighted by Crippen LogP contribution is 2.29. The number of carboxylic acids is 1. The van der Waals surface area contributed by atoms with Crippen molar-refractivity contribution in [1.29, 1.82) is 0 Å². The molecule has 0 heterocycles. The van der Waals surface area contributed by atoms with Crippen molar-refractivity contribution in [1.82, 2.24) is 0 Å². The summed E-state index contributed by atoms with van der Waals surface area (Å²) in [5, 5.41) is 20.0. The Balaban J connectivity index is 3.17. The number of anilines is 1. The van der Waals surface area contributed by atoms with E-state index in [2.05, 4.69) is 6.92 Å². The van der Waals surface area contributed by atoms with Crippen molar-refractivity contribution >= 4 is 17.3 Å². The first-order chi connectivity index (χ1) is 9.01. The van der Waals surface area contributed by atoms with Crippen LogP contribution in [0.3, 0.4) is 0 Å². The van der Waals surface area contributed by atoms with E-state index in [0.29, 0.717) is 12.2 Å². The lowest BCUT2D eigenvalue weighted by Crippen LogP contribution is -2.24. The van der Waals surface area contributed by atoms with E-state index in [0.717, 1.165) is 25.5 Å². The van der Waals surface area contributed by atoms with Crippen LogP contribution in [0.15, 0.2) is 18.2 Å². The smallest absolute Gasteiger partial charge is 0.335 e. The molecule has 1 aromatic rings. The van der Waals surface area contributed by atoms with Crippen molar-refractivity contribution in [3.8, 4) is 0 Å². The topological polar surface area (TPSA) is 83.7 Å². The molecule has 1 aromatic carbocycles. The van der Waals surface area contributed by atoms with Crippen LogP contribution in [0.25, 0.3) is 0 Å². The van der Waals surface area contributed by atoms with E-state index in [1.165, 1.54) is 12.1 Å². The molecule has 0 atom stereocenters. The van der Waals surface area contributed by atoms with Crippen molar-refractivity contribution in [3.63, 3.8) is 0 Å². The maximum atomic E-state index is 11.1. The summed E-state index contributed by atoms with van der Waals surface area (Å²) < 4.78 is 0. The van der Waals surface area contributed by atoms with E-state index in [-0.39, 0.29) is 11.3 Å². The van der Waals surface area contributed by atoms with Crippen LogP contribution in [-0.2, 0) is 0 Å².